The molecule has 0 N–H and O–H groups in total. The van der Waals surface area contributed by atoms with Crippen molar-refractivity contribution in [1.29, 1.82) is 0 Å². The molecule has 0 aromatic heterocycles. The molecule has 1 heterocycles. The Morgan fingerprint density at radius 2 is 1.50 bits per heavy atom. The number of cyclic esters (lactones) is 1. The van der Waals surface area contributed by atoms with Crippen molar-refractivity contribution in [3.63, 3.8) is 0 Å². The van der Waals surface area contributed by atoms with Crippen molar-refractivity contribution in [3.8, 4) is 11.5 Å². The molecule has 0 radical (unpaired) electrons. The molecule has 1 atom stereocenters. The third kappa shape index (κ3) is 4.65. The second-order valence-corrected chi connectivity index (χ2v) is 8.18. The second-order valence-electron chi connectivity index (χ2n) is 6.67. The number of ether oxygens (including phenoxy) is 1. The first-order chi connectivity index (χ1) is 12.4. The first kappa shape index (κ1) is 18.5. The van der Waals surface area contributed by atoms with Gasteiger partial charge in [-0.05, 0) is 38.1 Å². The fourth-order valence-corrected chi connectivity index (χ4v) is 3.82. The molecule has 0 bridgehead atoms. The molecule has 7 heteroatoms. The molecule has 1 saturated heterocycles. The molecule has 1 unspecified atom stereocenters. The lowest BCUT2D eigenvalue weighted by molar-refractivity contribution is -0.148. The summed E-state index contributed by atoms with van der Waals surface area (Å²) in [5, 5.41) is 0. The van der Waals surface area contributed by atoms with Gasteiger partial charge < -0.3 is 13.8 Å². The number of benzene rings is 2. The zero-order valence-corrected chi connectivity index (χ0v) is 15.6. The van der Waals surface area contributed by atoms with Gasteiger partial charge in [0.15, 0.2) is 0 Å². The van der Waals surface area contributed by atoms with Gasteiger partial charge in [-0.25, -0.2) is 4.57 Å². The predicted molar refractivity (Wildman–Crippen MR) is 96.0 cm³/mol. The highest BCUT2D eigenvalue weighted by molar-refractivity contribution is 7.49. The molecule has 0 spiro atoms. The van der Waals surface area contributed by atoms with Crippen molar-refractivity contribution in [2.75, 3.05) is 6.61 Å². The second kappa shape index (κ2) is 7.52. The monoisotopic (exact) mass is 376 g/mol. The van der Waals surface area contributed by atoms with Crippen LogP contribution in [0.25, 0.3) is 0 Å². The maximum Gasteiger partial charge on any atom is 0.587 e. The number of rotatable bonds is 7. The van der Waals surface area contributed by atoms with Crippen LogP contribution in [-0.2, 0) is 18.6 Å². The number of esters is 1. The Kier molecular flexibility index (Phi) is 5.35. The summed E-state index contributed by atoms with van der Waals surface area (Å²) in [6.07, 6.45) is -0.0211. The van der Waals surface area contributed by atoms with Crippen LogP contribution in [0, 0.1) is 5.41 Å². The highest BCUT2D eigenvalue weighted by atomic mass is 31.2. The SMILES string of the molecule is CC1(C)CC(COP(=O)(Oc2ccccc2)Oc2ccccc2)OC1=O. The van der Waals surface area contributed by atoms with Gasteiger partial charge >= 0.3 is 13.8 Å². The first-order valence-corrected chi connectivity index (χ1v) is 9.77. The van der Waals surface area contributed by atoms with Crippen molar-refractivity contribution in [2.45, 2.75) is 26.4 Å². The summed E-state index contributed by atoms with van der Waals surface area (Å²) < 4.78 is 34.9. The molecule has 26 heavy (non-hydrogen) atoms. The molecule has 1 aliphatic heterocycles. The van der Waals surface area contributed by atoms with E-state index >= 15 is 0 Å². The Balaban J connectivity index is 1.72. The van der Waals surface area contributed by atoms with Gasteiger partial charge in [-0.15, -0.1) is 0 Å². The number of hydrogen-bond donors (Lipinski definition) is 0. The van der Waals surface area contributed by atoms with E-state index < -0.39 is 19.3 Å². The van der Waals surface area contributed by atoms with Crippen LogP contribution in [0.15, 0.2) is 60.7 Å². The zero-order chi connectivity index (χ0) is 18.6. The molecule has 0 aliphatic carbocycles. The molecular formula is C19H21O6P. The van der Waals surface area contributed by atoms with Crippen LogP contribution in [-0.4, -0.2) is 18.7 Å². The number of carbonyl (C=O) groups excluding carboxylic acids is 1. The van der Waals surface area contributed by atoms with Crippen LogP contribution in [0.4, 0.5) is 0 Å². The third-order valence-electron chi connectivity index (χ3n) is 3.90. The lowest BCUT2D eigenvalue weighted by Crippen LogP contribution is -2.17. The van der Waals surface area contributed by atoms with Crippen LogP contribution >= 0.6 is 7.82 Å². The highest BCUT2D eigenvalue weighted by Crippen LogP contribution is 2.50. The maximum atomic E-state index is 13.1. The van der Waals surface area contributed by atoms with Gasteiger partial charge in [-0.1, -0.05) is 36.4 Å². The van der Waals surface area contributed by atoms with Gasteiger partial charge in [-0.3, -0.25) is 9.32 Å². The standard InChI is InChI=1S/C19H21O6P/c1-19(2)13-17(23-18(19)20)14-22-26(21,24-15-9-5-3-6-10-15)25-16-11-7-4-8-12-16/h3-12,17H,13-14H2,1-2H3. The number of carbonyl (C=O) groups is 1. The fraction of sp³-hybridized carbons (Fsp3) is 0.316. The van der Waals surface area contributed by atoms with E-state index in [1.165, 1.54) is 0 Å². The van der Waals surface area contributed by atoms with Crippen LogP contribution in [0.1, 0.15) is 20.3 Å². The van der Waals surface area contributed by atoms with E-state index in [1.54, 1.807) is 62.4 Å². The molecule has 0 saturated carbocycles. The van der Waals surface area contributed by atoms with E-state index in [0.29, 0.717) is 17.9 Å². The minimum absolute atomic E-state index is 0.0773. The van der Waals surface area contributed by atoms with E-state index in [9.17, 15) is 9.36 Å². The Bertz CT molecular complexity index is 745. The Morgan fingerprint density at radius 3 is 1.92 bits per heavy atom. The average molecular weight is 376 g/mol. The average Bonchev–Trinajstić information content (AvgIpc) is 2.87. The van der Waals surface area contributed by atoms with Gasteiger partial charge in [0.1, 0.15) is 17.6 Å². The number of phosphoric acid groups is 1. The zero-order valence-electron chi connectivity index (χ0n) is 14.7. The van der Waals surface area contributed by atoms with Gasteiger partial charge in [0.25, 0.3) is 0 Å². The van der Waals surface area contributed by atoms with Crippen LogP contribution < -0.4 is 9.05 Å². The molecule has 138 valence electrons. The minimum atomic E-state index is -3.97. The van der Waals surface area contributed by atoms with Crippen molar-refractivity contribution in [3.05, 3.63) is 60.7 Å². The topological polar surface area (TPSA) is 71.1 Å². The summed E-state index contributed by atoms with van der Waals surface area (Å²) in [6.45, 7) is 3.53. The third-order valence-corrected chi connectivity index (χ3v) is 5.24. The fourth-order valence-electron chi connectivity index (χ4n) is 2.56. The predicted octanol–water partition coefficient (Wildman–Crippen LogP) is 4.61. The van der Waals surface area contributed by atoms with Gasteiger partial charge in [-0.2, -0.15) is 0 Å². The van der Waals surface area contributed by atoms with E-state index in [4.69, 9.17) is 18.3 Å². The summed E-state index contributed by atoms with van der Waals surface area (Å²) in [5.41, 5.74) is -0.585. The van der Waals surface area contributed by atoms with E-state index in [1.807, 2.05) is 12.1 Å². The lowest BCUT2D eigenvalue weighted by atomic mass is 9.90. The molecule has 6 nitrogen and oxygen atoms in total. The molecule has 2 aromatic rings. The summed E-state index contributed by atoms with van der Waals surface area (Å²) in [6, 6.07) is 17.3. The van der Waals surface area contributed by atoms with E-state index in [0.717, 1.165) is 0 Å². The number of phosphoric ester groups is 1. The summed E-state index contributed by atoms with van der Waals surface area (Å²) in [4.78, 5) is 11.8. The van der Waals surface area contributed by atoms with Crippen molar-refractivity contribution >= 4 is 13.8 Å². The largest absolute Gasteiger partial charge is 0.587 e. The van der Waals surface area contributed by atoms with E-state index in [2.05, 4.69) is 0 Å². The first-order valence-electron chi connectivity index (χ1n) is 8.31. The van der Waals surface area contributed by atoms with Gasteiger partial charge in [0.2, 0.25) is 0 Å². The van der Waals surface area contributed by atoms with Crippen LogP contribution in [0.5, 0.6) is 11.5 Å². The highest BCUT2D eigenvalue weighted by Gasteiger charge is 2.43. The quantitative estimate of drug-likeness (QED) is 0.519. The smallest absolute Gasteiger partial charge is 0.459 e. The summed E-state index contributed by atoms with van der Waals surface area (Å²) in [7, 11) is -3.97. The van der Waals surface area contributed by atoms with Crippen molar-refractivity contribution in [1.82, 2.24) is 0 Å². The minimum Gasteiger partial charge on any atom is -0.459 e. The molecule has 0 amide bonds. The number of hydrogen-bond acceptors (Lipinski definition) is 6. The normalized spacial score (nSPS) is 19.0. The molecule has 2 aromatic carbocycles. The van der Waals surface area contributed by atoms with Gasteiger partial charge in [0, 0.05) is 6.42 Å². The number of para-hydroxylation sites is 2. The Labute approximate surface area is 152 Å². The van der Waals surface area contributed by atoms with Crippen LogP contribution in [0.2, 0.25) is 0 Å². The molecule has 1 fully saturated rings. The van der Waals surface area contributed by atoms with Gasteiger partial charge in [0.05, 0.1) is 12.0 Å². The summed E-state index contributed by atoms with van der Waals surface area (Å²) >= 11 is 0. The maximum absolute atomic E-state index is 13.1. The molecular weight excluding hydrogens is 355 g/mol. The van der Waals surface area contributed by atoms with Crippen molar-refractivity contribution < 1.29 is 27.7 Å². The van der Waals surface area contributed by atoms with Crippen molar-refractivity contribution in [2.24, 2.45) is 5.41 Å². The van der Waals surface area contributed by atoms with E-state index in [-0.39, 0.29) is 12.6 Å². The Morgan fingerprint density at radius 1 is 1.00 bits per heavy atom. The lowest BCUT2D eigenvalue weighted by Gasteiger charge is -2.20. The Hall–Kier alpha value is -2.30. The van der Waals surface area contributed by atoms with Crippen LogP contribution in [0.3, 0.4) is 0 Å². The molecule has 1 aliphatic rings. The molecule has 3 rings (SSSR count). The summed E-state index contributed by atoms with van der Waals surface area (Å²) in [5.74, 6) is 0.417.